The zero-order valence-electron chi connectivity index (χ0n) is 5.63. The molecule has 0 fully saturated rings. The van der Waals surface area contributed by atoms with Crippen LogP contribution < -0.4 is 0 Å². The van der Waals surface area contributed by atoms with Gasteiger partial charge in [-0.1, -0.05) is 6.92 Å². The summed E-state index contributed by atoms with van der Waals surface area (Å²) in [5, 5.41) is 8.17. The van der Waals surface area contributed by atoms with Crippen LogP contribution in [0, 0.1) is 0 Å². The van der Waals surface area contributed by atoms with E-state index in [0.717, 1.165) is 6.54 Å². The number of carbonyl (C=O) groups is 1. The highest BCUT2D eigenvalue weighted by atomic mass is 35.5. The molecule has 1 N–H and O–H groups in total. The lowest BCUT2D eigenvalue weighted by atomic mass is 10.5. The largest absolute Gasteiger partial charge is 0.480 e. The van der Waals surface area contributed by atoms with Crippen LogP contribution in [0.25, 0.3) is 0 Å². The Balaban J connectivity index is 0. The van der Waals surface area contributed by atoms with Crippen LogP contribution in [0.4, 0.5) is 0 Å². The number of carboxylic acid groups (broad SMARTS) is 1. The Hall–Kier alpha value is -0.280. The third kappa shape index (κ3) is 7.72. The molecule has 0 aliphatic heterocycles. The van der Waals surface area contributed by atoms with Gasteiger partial charge in [0.15, 0.2) is 0 Å². The molecule has 0 rings (SSSR count). The van der Waals surface area contributed by atoms with Gasteiger partial charge in [-0.2, -0.15) is 0 Å². The molecule has 0 amide bonds. The summed E-state index contributed by atoms with van der Waals surface area (Å²) in [6.07, 6.45) is 0. The molecule has 0 aliphatic rings. The maximum absolute atomic E-state index is 9.93. The van der Waals surface area contributed by atoms with Crippen molar-refractivity contribution in [3.05, 3.63) is 0 Å². The molecular formula is C5H12ClNO2. The van der Waals surface area contributed by atoms with Crippen LogP contribution in [0.5, 0.6) is 0 Å². The summed E-state index contributed by atoms with van der Waals surface area (Å²) in [5.41, 5.74) is 0. The maximum Gasteiger partial charge on any atom is 0.317 e. The molecule has 0 aromatic rings. The van der Waals surface area contributed by atoms with Crippen LogP contribution in [0.1, 0.15) is 6.92 Å². The van der Waals surface area contributed by atoms with E-state index in [-0.39, 0.29) is 19.0 Å². The standard InChI is InChI=1S/C5H11NO2.ClH/c1-3-6(2)4-5(7)8;/h3-4H2,1-2H3,(H,7,8);1H. The van der Waals surface area contributed by atoms with E-state index in [4.69, 9.17) is 5.11 Å². The van der Waals surface area contributed by atoms with E-state index in [2.05, 4.69) is 0 Å². The van der Waals surface area contributed by atoms with Crippen LogP contribution in [-0.2, 0) is 4.79 Å². The number of hydrogen-bond donors (Lipinski definition) is 1. The first-order valence-corrected chi connectivity index (χ1v) is 2.57. The highest BCUT2D eigenvalue weighted by Gasteiger charge is 1.98. The van der Waals surface area contributed by atoms with Crippen molar-refractivity contribution in [1.29, 1.82) is 0 Å². The van der Waals surface area contributed by atoms with E-state index >= 15 is 0 Å². The predicted octanol–water partition coefficient (Wildman–Crippen LogP) is 0.444. The minimum Gasteiger partial charge on any atom is -0.480 e. The highest BCUT2D eigenvalue weighted by molar-refractivity contribution is 5.85. The third-order valence-corrected chi connectivity index (χ3v) is 0.945. The number of hydrogen-bond acceptors (Lipinski definition) is 2. The van der Waals surface area contributed by atoms with E-state index in [1.54, 1.807) is 11.9 Å². The zero-order valence-corrected chi connectivity index (χ0v) is 6.44. The molecule has 0 saturated heterocycles. The fourth-order valence-electron chi connectivity index (χ4n) is 0.343. The van der Waals surface area contributed by atoms with Gasteiger partial charge < -0.3 is 5.11 Å². The Morgan fingerprint density at radius 3 is 2.22 bits per heavy atom. The Labute approximate surface area is 61.1 Å². The highest BCUT2D eigenvalue weighted by Crippen LogP contribution is 1.77. The first kappa shape index (κ1) is 11.5. The summed E-state index contributed by atoms with van der Waals surface area (Å²) >= 11 is 0. The Bertz CT molecular complexity index is 87.0. The summed E-state index contributed by atoms with van der Waals surface area (Å²) in [6, 6.07) is 0. The SMILES string of the molecule is CCN(C)CC(=O)O.Cl. The molecule has 0 unspecified atom stereocenters. The first-order chi connectivity index (χ1) is 3.66. The zero-order chi connectivity index (χ0) is 6.57. The van der Waals surface area contributed by atoms with Crippen LogP contribution in [0.3, 0.4) is 0 Å². The molecule has 0 aromatic heterocycles. The molecule has 56 valence electrons. The number of carboxylic acids is 1. The van der Waals surface area contributed by atoms with Gasteiger partial charge in [-0.25, -0.2) is 0 Å². The van der Waals surface area contributed by atoms with Gasteiger partial charge in [-0.05, 0) is 13.6 Å². The van der Waals surface area contributed by atoms with Gasteiger partial charge in [0, 0.05) is 0 Å². The molecule has 0 saturated carbocycles. The smallest absolute Gasteiger partial charge is 0.317 e. The monoisotopic (exact) mass is 153 g/mol. The summed E-state index contributed by atoms with van der Waals surface area (Å²) in [4.78, 5) is 11.7. The van der Waals surface area contributed by atoms with Crippen molar-refractivity contribution in [2.45, 2.75) is 6.92 Å². The van der Waals surface area contributed by atoms with E-state index < -0.39 is 5.97 Å². The third-order valence-electron chi connectivity index (χ3n) is 0.945. The van der Waals surface area contributed by atoms with Crippen molar-refractivity contribution in [3.63, 3.8) is 0 Å². The first-order valence-electron chi connectivity index (χ1n) is 2.57. The molecule has 0 atom stereocenters. The fraction of sp³-hybridized carbons (Fsp3) is 0.800. The number of rotatable bonds is 3. The quantitative estimate of drug-likeness (QED) is 0.640. The molecule has 0 radical (unpaired) electrons. The van der Waals surface area contributed by atoms with Crippen molar-refractivity contribution < 1.29 is 9.90 Å². The topological polar surface area (TPSA) is 40.5 Å². The Morgan fingerprint density at radius 1 is 1.67 bits per heavy atom. The lowest BCUT2D eigenvalue weighted by molar-refractivity contribution is -0.137. The van der Waals surface area contributed by atoms with E-state index in [9.17, 15) is 4.79 Å². The van der Waals surface area contributed by atoms with Crippen molar-refractivity contribution in [2.75, 3.05) is 20.1 Å². The second-order valence-corrected chi connectivity index (χ2v) is 1.72. The van der Waals surface area contributed by atoms with Gasteiger partial charge in [0.1, 0.15) is 0 Å². The van der Waals surface area contributed by atoms with Crippen LogP contribution in [-0.4, -0.2) is 36.1 Å². The lowest BCUT2D eigenvalue weighted by Gasteiger charge is -2.08. The minimum absolute atomic E-state index is 0. The summed E-state index contributed by atoms with van der Waals surface area (Å²) < 4.78 is 0. The summed E-state index contributed by atoms with van der Waals surface area (Å²) in [5.74, 6) is -0.769. The maximum atomic E-state index is 9.93. The predicted molar refractivity (Wildman–Crippen MR) is 38.1 cm³/mol. The second-order valence-electron chi connectivity index (χ2n) is 1.72. The molecule has 9 heavy (non-hydrogen) atoms. The number of aliphatic carboxylic acids is 1. The van der Waals surface area contributed by atoms with Crippen LogP contribution in [0.2, 0.25) is 0 Å². The van der Waals surface area contributed by atoms with E-state index in [1.807, 2.05) is 6.92 Å². The minimum atomic E-state index is -0.769. The van der Waals surface area contributed by atoms with Crippen molar-refractivity contribution in [3.8, 4) is 0 Å². The van der Waals surface area contributed by atoms with Crippen molar-refractivity contribution in [2.24, 2.45) is 0 Å². The van der Waals surface area contributed by atoms with Gasteiger partial charge in [-0.15, -0.1) is 12.4 Å². The normalized spacial score (nSPS) is 8.78. The Morgan fingerprint density at radius 2 is 2.11 bits per heavy atom. The average molecular weight is 154 g/mol. The molecule has 4 heteroatoms. The van der Waals surface area contributed by atoms with E-state index in [1.165, 1.54) is 0 Å². The number of likely N-dealkylation sites (N-methyl/N-ethyl adjacent to an activating group) is 1. The van der Waals surface area contributed by atoms with E-state index in [0.29, 0.717) is 0 Å². The van der Waals surface area contributed by atoms with Gasteiger partial charge in [0.2, 0.25) is 0 Å². The van der Waals surface area contributed by atoms with Gasteiger partial charge in [0.05, 0.1) is 6.54 Å². The van der Waals surface area contributed by atoms with Gasteiger partial charge in [-0.3, -0.25) is 9.69 Å². The second kappa shape index (κ2) is 5.85. The molecule has 0 heterocycles. The van der Waals surface area contributed by atoms with Crippen LogP contribution in [0.15, 0.2) is 0 Å². The van der Waals surface area contributed by atoms with Gasteiger partial charge >= 0.3 is 5.97 Å². The molecule has 0 aliphatic carbocycles. The molecule has 3 nitrogen and oxygen atoms in total. The molecule has 0 spiro atoms. The molecular weight excluding hydrogens is 142 g/mol. The fourth-order valence-corrected chi connectivity index (χ4v) is 0.343. The number of halogens is 1. The lowest BCUT2D eigenvalue weighted by Crippen LogP contribution is -2.24. The van der Waals surface area contributed by atoms with Gasteiger partial charge in [0.25, 0.3) is 0 Å². The van der Waals surface area contributed by atoms with Crippen molar-refractivity contribution in [1.82, 2.24) is 4.90 Å². The number of nitrogens with zero attached hydrogens (tertiary/aromatic N) is 1. The molecule has 0 bridgehead atoms. The van der Waals surface area contributed by atoms with Crippen LogP contribution >= 0.6 is 12.4 Å². The van der Waals surface area contributed by atoms with Crippen molar-refractivity contribution >= 4 is 18.4 Å². The molecule has 0 aromatic carbocycles. The Kier molecular flexibility index (Phi) is 7.48. The summed E-state index contributed by atoms with van der Waals surface area (Å²) in [7, 11) is 1.77. The summed E-state index contributed by atoms with van der Waals surface area (Å²) in [6.45, 7) is 2.84. The average Bonchev–Trinajstić information content (AvgIpc) is 1.65.